The van der Waals surface area contributed by atoms with E-state index in [1.807, 2.05) is 31.2 Å². The molecule has 0 aliphatic carbocycles. The highest BCUT2D eigenvalue weighted by Gasteiger charge is 2.11. The van der Waals surface area contributed by atoms with Crippen molar-refractivity contribution in [2.45, 2.75) is 20.0 Å². The van der Waals surface area contributed by atoms with Crippen LogP contribution in [-0.2, 0) is 0 Å². The second kappa shape index (κ2) is 5.08. The van der Waals surface area contributed by atoms with Crippen molar-refractivity contribution in [3.63, 3.8) is 0 Å². The van der Waals surface area contributed by atoms with Gasteiger partial charge >= 0.3 is 0 Å². The molecule has 1 atom stereocenters. The average molecular weight is 245 g/mol. The van der Waals surface area contributed by atoms with Crippen molar-refractivity contribution in [1.82, 2.24) is 0 Å². The van der Waals surface area contributed by atoms with Crippen LogP contribution in [0, 0.1) is 12.7 Å². The van der Waals surface area contributed by atoms with E-state index in [0.29, 0.717) is 11.3 Å². The number of hydrogen-bond donors (Lipinski definition) is 1. The molecule has 0 amide bonds. The number of nitrogens with two attached hydrogens (primary N) is 1. The summed E-state index contributed by atoms with van der Waals surface area (Å²) in [5.41, 5.74) is 7.89. The molecule has 0 aliphatic heterocycles. The smallest absolute Gasteiger partial charge is 0.167 e. The van der Waals surface area contributed by atoms with Gasteiger partial charge in [-0.25, -0.2) is 4.39 Å². The molecule has 0 saturated heterocycles. The van der Waals surface area contributed by atoms with E-state index < -0.39 is 0 Å². The highest BCUT2D eigenvalue weighted by atomic mass is 19.1. The lowest BCUT2D eigenvalue weighted by Crippen LogP contribution is -2.05. The normalized spacial score (nSPS) is 12.2. The van der Waals surface area contributed by atoms with Gasteiger partial charge in [-0.3, -0.25) is 0 Å². The van der Waals surface area contributed by atoms with Gasteiger partial charge < -0.3 is 10.5 Å². The van der Waals surface area contributed by atoms with Crippen LogP contribution in [0.1, 0.15) is 24.2 Å². The lowest BCUT2D eigenvalue weighted by Gasteiger charge is -2.16. The summed E-state index contributed by atoms with van der Waals surface area (Å²) in [4.78, 5) is 0. The largest absolute Gasteiger partial charge is 0.483 e. The van der Waals surface area contributed by atoms with E-state index in [9.17, 15) is 4.39 Å². The van der Waals surface area contributed by atoms with Crippen LogP contribution < -0.4 is 10.5 Å². The number of benzene rings is 2. The molecule has 2 aromatic carbocycles. The fraction of sp³-hybridized carbons (Fsp3) is 0.200. The Morgan fingerprint density at radius 3 is 2.61 bits per heavy atom. The van der Waals surface area contributed by atoms with Crippen LogP contribution in [0.4, 0.5) is 10.1 Å². The Kier molecular flexibility index (Phi) is 3.51. The molecular weight excluding hydrogens is 229 g/mol. The van der Waals surface area contributed by atoms with Crippen molar-refractivity contribution in [2.75, 3.05) is 5.73 Å². The summed E-state index contributed by atoms with van der Waals surface area (Å²) < 4.78 is 19.4. The maximum atomic E-state index is 13.8. The highest BCUT2D eigenvalue weighted by Crippen LogP contribution is 2.26. The summed E-state index contributed by atoms with van der Waals surface area (Å²) >= 11 is 0. The maximum Gasteiger partial charge on any atom is 0.167 e. The number of aryl methyl sites for hydroxylation is 1. The van der Waals surface area contributed by atoms with Gasteiger partial charge in [0, 0.05) is 5.69 Å². The highest BCUT2D eigenvalue weighted by molar-refractivity contribution is 5.41. The molecular formula is C15H16FNO. The number of rotatable bonds is 3. The quantitative estimate of drug-likeness (QED) is 0.833. The lowest BCUT2D eigenvalue weighted by atomic mass is 10.1. The molecule has 0 bridgehead atoms. The first-order chi connectivity index (χ1) is 8.58. The van der Waals surface area contributed by atoms with Crippen molar-refractivity contribution in [3.05, 3.63) is 59.4 Å². The molecule has 3 heteroatoms. The summed E-state index contributed by atoms with van der Waals surface area (Å²) in [6, 6.07) is 12.5. The molecule has 0 aliphatic rings. The number of ether oxygens (including phenoxy) is 1. The van der Waals surface area contributed by atoms with E-state index in [2.05, 4.69) is 0 Å². The van der Waals surface area contributed by atoms with Crippen molar-refractivity contribution < 1.29 is 9.13 Å². The first-order valence-electron chi connectivity index (χ1n) is 5.85. The molecule has 0 aromatic heterocycles. The van der Waals surface area contributed by atoms with E-state index in [4.69, 9.17) is 10.5 Å². The van der Waals surface area contributed by atoms with Gasteiger partial charge in [0.15, 0.2) is 11.6 Å². The minimum Gasteiger partial charge on any atom is -0.483 e. The fourth-order valence-corrected chi connectivity index (χ4v) is 1.78. The lowest BCUT2D eigenvalue weighted by molar-refractivity contribution is 0.216. The third-order valence-corrected chi connectivity index (χ3v) is 2.84. The molecule has 2 nitrogen and oxygen atoms in total. The molecule has 2 rings (SSSR count). The molecule has 0 fully saturated rings. The van der Waals surface area contributed by atoms with Gasteiger partial charge in [-0.05, 0) is 43.2 Å². The molecule has 0 heterocycles. The summed E-state index contributed by atoms with van der Waals surface area (Å²) in [6.45, 7) is 3.59. The zero-order valence-electron chi connectivity index (χ0n) is 10.5. The van der Waals surface area contributed by atoms with Crippen molar-refractivity contribution in [1.29, 1.82) is 0 Å². The standard InChI is InChI=1S/C15H16FNO/c1-10-5-3-8-14(15(10)16)18-11(2)12-6-4-7-13(17)9-12/h3-9,11H,17H2,1-2H3. The molecule has 1 unspecified atom stereocenters. The van der Waals surface area contributed by atoms with Crippen LogP contribution in [0.25, 0.3) is 0 Å². The van der Waals surface area contributed by atoms with E-state index in [-0.39, 0.29) is 17.7 Å². The Hall–Kier alpha value is -2.03. The van der Waals surface area contributed by atoms with Gasteiger partial charge in [-0.1, -0.05) is 24.3 Å². The van der Waals surface area contributed by atoms with Gasteiger partial charge in [0.25, 0.3) is 0 Å². The van der Waals surface area contributed by atoms with Crippen LogP contribution in [0.2, 0.25) is 0 Å². The molecule has 2 aromatic rings. The van der Waals surface area contributed by atoms with E-state index in [1.54, 1.807) is 25.1 Å². The van der Waals surface area contributed by atoms with Crippen LogP contribution in [0.5, 0.6) is 5.75 Å². The Bertz CT molecular complexity index is 554. The average Bonchev–Trinajstić information content (AvgIpc) is 2.35. The number of anilines is 1. The van der Waals surface area contributed by atoms with Gasteiger partial charge in [0.1, 0.15) is 6.10 Å². The van der Waals surface area contributed by atoms with Crippen molar-refractivity contribution in [2.24, 2.45) is 0 Å². The van der Waals surface area contributed by atoms with Crippen LogP contribution in [0.15, 0.2) is 42.5 Å². The van der Waals surface area contributed by atoms with Gasteiger partial charge in [0.2, 0.25) is 0 Å². The predicted molar refractivity (Wildman–Crippen MR) is 71.0 cm³/mol. The monoisotopic (exact) mass is 245 g/mol. The SMILES string of the molecule is Cc1cccc(OC(C)c2cccc(N)c2)c1F. The summed E-state index contributed by atoms with van der Waals surface area (Å²) in [5, 5.41) is 0. The Balaban J connectivity index is 2.21. The predicted octanol–water partition coefficient (Wildman–Crippen LogP) is 3.86. The Morgan fingerprint density at radius 2 is 1.89 bits per heavy atom. The second-order valence-electron chi connectivity index (χ2n) is 4.32. The van der Waals surface area contributed by atoms with Crippen LogP contribution in [0.3, 0.4) is 0 Å². The van der Waals surface area contributed by atoms with E-state index in [0.717, 1.165) is 5.56 Å². The molecule has 0 saturated carbocycles. The third-order valence-electron chi connectivity index (χ3n) is 2.84. The molecule has 2 N–H and O–H groups in total. The van der Waals surface area contributed by atoms with Gasteiger partial charge in [-0.2, -0.15) is 0 Å². The Morgan fingerprint density at radius 1 is 1.17 bits per heavy atom. The number of nitrogen functional groups attached to an aromatic ring is 1. The first kappa shape index (κ1) is 12.4. The van der Waals surface area contributed by atoms with Crippen LogP contribution >= 0.6 is 0 Å². The van der Waals surface area contributed by atoms with Crippen molar-refractivity contribution >= 4 is 5.69 Å². The van der Waals surface area contributed by atoms with Crippen molar-refractivity contribution in [3.8, 4) is 5.75 Å². The topological polar surface area (TPSA) is 35.2 Å². The second-order valence-corrected chi connectivity index (χ2v) is 4.32. The minimum atomic E-state index is -0.312. The minimum absolute atomic E-state index is 0.246. The van der Waals surface area contributed by atoms with Gasteiger partial charge in [-0.15, -0.1) is 0 Å². The first-order valence-corrected chi connectivity index (χ1v) is 5.85. The summed E-state index contributed by atoms with van der Waals surface area (Å²) in [6.07, 6.45) is -0.246. The molecule has 0 radical (unpaired) electrons. The Labute approximate surface area is 106 Å². The van der Waals surface area contributed by atoms with Crippen LogP contribution in [-0.4, -0.2) is 0 Å². The molecule has 0 spiro atoms. The zero-order chi connectivity index (χ0) is 13.1. The summed E-state index contributed by atoms with van der Waals surface area (Å²) in [5.74, 6) is -0.0434. The molecule has 18 heavy (non-hydrogen) atoms. The van der Waals surface area contributed by atoms with E-state index >= 15 is 0 Å². The number of halogens is 1. The maximum absolute atomic E-state index is 13.8. The zero-order valence-corrected chi connectivity index (χ0v) is 10.5. The fourth-order valence-electron chi connectivity index (χ4n) is 1.78. The summed E-state index contributed by atoms with van der Waals surface area (Å²) in [7, 11) is 0. The third kappa shape index (κ3) is 2.62. The van der Waals surface area contributed by atoms with E-state index in [1.165, 1.54) is 0 Å². The van der Waals surface area contributed by atoms with Gasteiger partial charge in [0.05, 0.1) is 0 Å². The molecule has 94 valence electrons. The number of hydrogen-bond acceptors (Lipinski definition) is 2.